The molecule has 0 radical (unpaired) electrons. The van der Waals surface area contributed by atoms with Crippen LogP contribution in [0.2, 0.25) is 0 Å². The Balaban J connectivity index is 2.17. The number of rotatable bonds is 0. The SMILES string of the molecule is CC1=C2[C@@H](O)[C@@]3(C)C(=CCC[C@@H]3C)C[C@]2(O)OC1=O. The molecule has 3 rings (SSSR count). The highest BCUT2D eigenvalue weighted by molar-refractivity contribution is 5.92. The molecule has 1 aliphatic heterocycles. The molecule has 3 aliphatic rings. The molecule has 2 N–H and O–H groups in total. The highest BCUT2D eigenvalue weighted by Crippen LogP contribution is 2.57. The molecule has 1 fully saturated rings. The maximum Gasteiger partial charge on any atom is 0.336 e. The average Bonchev–Trinajstić information content (AvgIpc) is 2.55. The van der Waals surface area contributed by atoms with E-state index in [1.807, 2.05) is 6.92 Å². The van der Waals surface area contributed by atoms with Crippen molar-refractivity contribution in [2.24, 2.45) is 11.3 Å². The average molecular weight is 264 g/mol. The van der Waals surface area contributed by atoms with Crippen LogP contribution in [0.25, 0.3) is 0 Å². The van der Waals surface area contributed by atoms with Crippen LogP contribution in [-0.4, -0.2) is 28.1 Å². The molecule has 0 spiro atoms. The molecule has 104 valence electrons. The number of aliphatic hydroxyl groups is 2. The van der Waals surface area contributed by atoms with Crippen molar-refractivity contribution < 1.29 is 19.7 Å². The quantitative estimate of drug-likeness (QED) is 0.516. The number of hydrogen-bond acceptors (Lipinski definition) is 4. The van der Waals surface area contributed by atoms with Gasteiger partial charge in [0, 0.05) is 23.0 Å². The first kappa shape index (κ1) is 12.9. The van der Waals surface area contributed by atoms with Crippen LogP contribution < -0.4 is 0 Å². The van der Waals surface area contributed by atoms with Gasteiger partial charge in [0.15, 0.2) is 0 Å². The molecular weight excluding hydrogens is 244 g/mol. The lowest BCUT2D eigenvalue weighted by molar-refractivity contribution is -0.193. The Labute approximate surface area is 112 Å². The van der Waals surface area contributed by atoms with Crippen LogP contribution in [0, 0.1) is 11.3 Å². The molecule has 1 saturated carbocycles. The fourth-order valence-electron chi connectivity index (χ4n) is 3.85. The lowest BCUT2D eigenvalue weighted by Crippen LogP contribution is -2.54. The van der Waals surface area contributed by atoms with E-state index in [0.717, 1.165) is 18.4 Å². The van der Waals surface area contributed by atoms with Crippen molar-refractivity contribution in [3.63, 3.8) is 0 Å². The van der Waals surface area contributed by atoms with Crippen molar-refractivity contribution in [3.8, 4) is 0 Å². The monoisotopic (exact) mass is 264 g/mol. The first-order valence-electron chi connectivity index (χ1n) is 6.85. The standard InChI is InChI=1S/C15H20O4/c1-8-5-4-6-10-7-15(18)11(9(2)13(17)19-15)12(16)14(8,10)3/h6,8,12,16,18H,4-5,7H2,1-3H3/t8-,12+,14+,15-/m0/s1. The minimum atomic E-state index is -1.64. The second-order valence-corrected chi connectivity index (χ2v) is 6.28. The summed E-state index contributed by atoms with van der Waals surface area (Å²) in [5.74, 6) is -1.85. The van der Waals surface area contributed by atoms with E-state index in [2.05, 4.69) is 13.0 Å². The van der Waals surface area contributed by atoms with E-state index in [0.29, 0.717) is 17.1 Å². The summed E-state index contributed by atoms with van der Waals surface area (Å²) in [5, 5.41) is 21.3. The zero-order valence-electron chi connectivity index (χ0n) is 11.6. The number of fused-ring (bicyclic) bond motifs is 2. The van der Waals surface area contributed by atoms with Gasteiger partial charge in [0.25, 0.3) is 0 Å². The van der Waals surface area contributed by atoms with Crippen molar-refractivity contribution in [3.05, 3.63) is 22.8 Å². The topological polar surface area (TPSA) is 66.8 Å². The summed E-state index contributed by atoms with van der Waals surface area (Å²) in [4.78, 5) is 11.7. The van der Waals surface area contributed by atoms with E-state index < -0.39 is 23.3 Å². The Morgan fingerprint density at radius 3 is 2.84 bits per heavy atom. The molecule has 0 amide bonds. The molecule has 1 heterocycles. The van der Waals surface area contributed by atoms with Crippen molar-refractivity contribution in [1.29, 1.82) is 0 Å². The Morgan fingerprint density at radius 1 is 1.47 bits per heavy atom. The highest BCUT2D eigenvalue weighted by Gasteiger charge is 2.60. The Bertz CT molecular complexity index is 518. The van der Waals surface area contributed by atoms with E-state index in [9.17, 15) is 15.0 Å². The van der Waals surface area contributed by atoms with Gasteiger partial charge in [-0.25, -0.2) is 4.79 Å². The summed E-state index contributed by atoms with van der Waals surface area (Å²) in [7, 11) is 0. The molecule has 0 bridgehead atoms. The molecule has 0 aromatic rings. The predicted octanol–water partition coefficient (Wildman–Crippen LogP) is 1.68. The zero-order chi connectivity index (χ0) is 14.0. The van der Waals surface area contributed by atoms with Crippen LogP contribution in [0.5, 0.6) is 0 Å². The van der Waals surface area contributed by atoms with Gasteiger partial charge < -0.3 is 14.9 Å². The fourth-order valence-corrected chi connectivity index (χ4v) is 3.85. The van der Waals surface area contributed by atoms with Gasteiger partial charge in [0.1, 0.15) is 0 Å². The Hall–Kier alpha value is -1.13. The molecule has 4 heteroatoms. The first-order valence-corrected chi connectivity index (χ1v) is 6.85. The van der Waals surface area contributed by atoms with Crippen LogP contribution in [0.15, 0.2) is 22.8 Å². The lowest BCUT2D eigenvalue weighted by Gasteiger charge is -2.51. The summed E-state index contributed by atoms with van der Waals surface area (Å²) in [6, 6.07) is 0. The third kappa shape index (κ3) is 1.44. The van der Waals surface area contributed by atoms with Gasteiger partial charge in [-0.1, -0.05) is 25.5 Å². The molecule has 4 nitrogen and oxygen atoms in total. The van der Waals surface area contributed by atoms with E-state index in [1.54, 1.807) is 6.92 Å². The largest absolute Gasteiger partial charge is 0.425 e. The van der Waals surface area contributed by atoms with Gasteiger partial charge >= 0.3 is 5.97 Å². The van der Waals surface area contributed by atoms with E-state index >= 15 is 0 Å². The Morgan fingerprint density at radius 2 is 2.16 bits per heavy atom. The molecule has 19 heavy (non-hydrogen) atoms. The van der Waals surface area contributed by atoms with Gasteiger partial charge in [-0.3, -0.25) is 0 Å². The maximum absolute atomic E-state index is 11.7. The molecule has 0 aromatic heterocycles. The molecule has 4 atom stereocenters. The summed E-state index contributed by atoms with van der Waals surface area (Å²) < 4.78 is 5.11. The van der Waals surface area contributed by atoms with Crippen molar-refractivity contribution in [2.45, 2.75) is 51.9 Å². The van der Waals surface area contributed by atoms with E-state index in [-0.39, 0.29) is 6.42 Å². The minimum Gasteiger partial charge on any atom is -0.425 e. The molecule has 0 unspecified atom stereocenters. The van der Waals surface area contributed by atoms with Crippen LogP contribution in [0.1, 0.15) is 40.0 Å². The third-order valence-electron chi connectivity index (χ3n) is 5.37. The fraction of sp³-hybridized carbons (Fsp3) is 0.667. The van der Waals surface area contributed by atoms with Gasteiger partial charge in [0.2, 0.25) is 5.79 Å². The van der Waals surface area contributed by atoms with Gasteiger partial charge in [-0.05, 0) is 25.7 Å². The Kier molecular flexibility index (Phi) is 2.51. The van der Waals surface area contributed by atoms with Crippen LogP contribution >= 0.6 is 0 Å². The van der Waals surface area contributed by atoms with Gasteiger partial charge in [-0.2, -0.15) is 0 Å². The van der Waals surface area contributed by atoms with Crippen molar-refractivity contribution in [1.82, 2.24) is 0 Å². The number of carbonyl (C=O) groups excluding carboxylic acids is 1. The molecule has 0 aromatic carbocycles. The smallest absolute Gasteiger partial charge is 0.336 e. The third-order valence-corrected chi connectivity index (χ3v) is 5.37. The van der Waals surface area contributed by atoms with Crippen molar-refractivity contribution in [2.75, 3.05) is 0 Å². The van der Waals surface area contributed by atoms with Gasteiger partial charge in [0.05, 0.1) is 6.10 Å². The molecule has 0 saturated heterocycles. The molecule has 2 aliphatic carbocycles. The van der Waals surface area contributed by atoms with E-state index in [4.69, 9.17) is 4.74 Å². The summed E-state index contributed by atoms with van der Waals surface area (Å²) in [6.07, 6.45) is 3.46. The number of hydrogen-bond donors (Lipinski definition) is 2. The maximum atomic E-state index is 11.7. The highest BCUT2D eigenvalue weighted by atomic mass is 16.7. The van der Waals surface area contributed by atoms with Gasteiger partial charge in [-0.15, -0.1) is 0 Å². The van der Waals surface area contributed by atoms with E-state index in [1.165, 1.54) is 0 Å². The minimum absolute atomic E-state index is 0.281. The normalized spacial score (nSPS) is 45.5. The number of ether oxygens (including phenoxy) is 1. The number of aliphatic hydroxyl groups excluding tert-OH is 1. The lowest BCUT2D eigenvalue weighted by atomic mass is 9.56. The van der Waals surface area contributed by atoms with Crippen LogP contribution in [0.4, 0.5) is 0 Å². The summed E-state index contributed by atoms with van der Waals surface area (Å²) in [5.41, 5.74) is 1.32. The predicted molar refractivity (Wildman–Crippen MR) is 69.0 cm³/mol. The zero-order valence-corrected chi connectivity index (χ0v) is 11.6. The number of allylic oxidation sites excluding steroid dienone is 1. The van der Waals surface area contributed by atoms with Crippen molar-refractivity contribution >= 4 is 5.97 Å². The summed E-state index contributed by atoms with van der Waals surface area (Å²) in [6.45, 7) is 5.76. The number of carbonyl (C=O) groups is 1. The van der Waals surface area contributed by atoms with Crippen LogP contribution in [-0.2, 0) is 9.53 Å². The second kappa shape index (κ2) is 3.70. The van der Waals surface area contributed by atoms with Crippen LogP contribution in [0.3, 0.4) is 0 Å². The first-order chi connectivity index (χ1) is 8.80. The number of esters is 1. The second-order valence-electron chi connectivity index (χ2n) is 6.28. The summed E-state index contributed by atoms with van der Waals surface area (Å²) >= 11 is 0. The molecular formula is C15H20O4.